The van der Waals surface area contributed by atoms with E-state index in [1.54, 1.807) is 31.4 Å². The van der Waals surface area contributed by atoms with Crippen LogP contribution in [0.5, 0.6) is 0 Å². The molecule has 1 aliphatic rings. The highest BCUT2D eigenvalue weighted by Gasteiger charge is 2.35. The number of thiophene rings is 1. The Hall–Kier alpha value is -2.47. The predicted octanol–water partition coefficient (Wildman–Crippen LogP) is 2.90. The van der Waals surface area contributed by atoms with Crippen molar-refractivity contribution in [1.82, 2.24) is 14.9 Å². The maximum Gasteiger partial charge on any atom is 0.293 e. The van der Waals surface area contributed by atoms with Crippen molar-refractivity contribution in [1.29, 1.82) is 0 Å². The van der Waals surface area contributed by atoms with Crippen LogP contribution in [0, 0.1) is 5.92 Å². The van der Waals surface area contributed by atoms with Crippen LogP contribution >= 0.6 is 23.1 Å². The summed E-state index contributed by atoms with van der Waals surface area (Å²) in [4.78, 5) is 38.8. The quantitative estimate of drug-likeness (QED) is 0.520. The molecule has 1 aromatic heterocycles. The summed E-state index contributed by atoms with van der Waals surface area (Å²) in [5, 5.41) is 3.86. The minimum absolute atomic E-state index is 0.00890. The van der Waals surface area contributed by atoms with Crippen molar-refractivity contribution < 1.29 is 22.8 Å². The molecule has 1 aliphatic heterocycles. The van der Waals surface area contributed by atoms with Gasteiger partial charge in [0.25, 0.3) is 21.2 Å². The van der Waals surface area contributed by atoms with Crippen LogP contribution in [0.3, 0.4) is 0 Å². The van der Waals surface area contributed by atoms with E-state index in [4.69, 9.17) is 0 Å². The summed E-state index contributed by atoms with van der Waals surface area (Å²) < 4.78 is 27.5. The van der Waals surface area contributed by atoms with Gasteiger partial charge in [0.05, 0.1) is 4.91 Å². The molecule has 2 heterocycles. The Balaban J connectivity index is 1.58. The van der Waals surface area contributed by atoms with Crippen LogP contribution in [0.25, 0.3) is 6.08 Å². The summed E-state index contributed by atoms with van der Waals surface area (Å²) in [6, 6.07) is 11.3. The summed E-state index contributed by atoms with van der Waals surface area (Å²) in [5.41, 5.74) is 0.809. The maximum atomic E-state index is 12.6. The zero-order valence-corrected chi connectivity index (χ0v) is 19.9. The van der Waals surface area contributed by atoms with Crippen LogP contribution in [-0.4, -0.2) is 49.5 Å². The zero-order valence-electron chi connectivity index (χ0n) is 17.5. The Kier molecular flexibility index (Phi) is 7.88. The van der Waals surface area contributed by atoms with Crippen LogP contribution in [0.15, 0.2) is 57.0 Å². The fraction of sp³-hybridized carbons (Fsp3) is 0.286. The number of sulfonamides is 1. The molecule has 1 fully saturated rings. The van der Waals surface area contributed by atoms with E-state index < -0.39 is 33.1 Å². The number of benzene rings is 1. The lowest BCUT2D eigenvalue weighted by atomic mass is 10.1. The Morgan fingerprint density at radius 2 is 1.84 bits per heavy atom. The molecule has 3 amide bonds. The topological polar surface area (TPSA) is 113 Å². The van der Waals surface area contributed by atoms with Crippen molar-refractivity contribution in [3.8, 4) is 0 Å². The monoisotopic (exact) mass is 493 g/mol. The Morgan fingerprint density at radius 3 is 2.47 bits per heavy atom. The first-order valence-electron chi connectivity index (χ1n) is 9.83. The van der Waals surface area contributed by atoms with Crippen molar-refractivity contribution in [2.75, 3.05) is 13.1 Å². The molecular weight excluding hydrogens is 470 g/mol. The molecule has 3 rings (SSSR count). The Bertz CT molecular complexity index is 1110. The van der Waals surface area contributed by atoms with Gasteiger partial charge in [0, 0.05) is 13.1 Å². The fourth-order valence-electron chi connectivity index (χ4n) is 2.93. The van der Waals surface area contributed by atoms with E-state index in [1.807, 2.05) is 30.3 Å². The molecule has 0 bridgehead atoms. The van der Waals surface area contributed by atoms with Gasteiger partial charge < -0.3 is 5.32 Å². The van der Waals surface area contributed by atoms with Gasteiger partial charge in [0.15, 0.2) is 0 Å². The first-order valence-corrected chi connectivity index (χ1v) is 13.0. The molecule has 11 heteroatoms. The van der Waals surface area contributed by atoms with Crippen LogP contribution < -0.4 is 10.0 Å². The van der Waals surface area contributed by atoms with E-state index in [0.29, 0.717) is 4.91 Å². The summed E-state index contributed by atoms with van der Waals surface area (Å²) in [5.74, 6) is -1.25. The van der Waals surface area contributed by atoms with Crippen molar-refractivity contribution >= 4 is 56.3 Å². The van der Waals surface area contributed by atoms with E-state index in [0.717, 1.165) is 33.6 Å². The summed E-state index contributed by atoms with van der Waals surface area (Å²) in [6.45, 7) is 3.46. The summed E-state index contributed by atoms with van der Waals surface area (Å²) >= 11 is 1.91. The van der Waals surface area contributed by atoms with Gasteiger partial charge >= 0.3 is 0 Å². The molecule has 8 nitrogen and oxygen atoms in total. The highest BCUT2D eigenvalue weighted by atomic mass is 32.2. The molecule has 1 saturated heterocycles. The molecular formula is C21H23N3O5S3. The first kappa shape index (κ1) is 24.2. The number of hydrogen-bond acceptors (Lipinski definition) is 7. The van der Waals surface area contributed by atoms with Crippen LogP contribution in [0.4, 0.5) is 4.79 Å². The number of amides is 3. The second kappa shape index (κ2) is 10.4. The van der Waals surface area contributed by atoms with Crippen LogP contribution in [-0.2, 0) is 19.6 Å². The lowest BCUT2D eigenvalue weighted by Gasteiger charge is -2.22. The van der Waals surface area contributed by atoms with Gasteiger partial charge in [-0.15, -0.1) is 11.3 Å². The average Bonchev–Trinajstić information content (AvgIpc) is 3.38. The van der Waals surface area contributed by atoms with Gasteiger partial charge in [-0.3, -0.25) is 19.3 Å². The molecule has 0 radical (unpaired) electrons. The normalized spacial score (nSPS) is 16.7. The first-order chi connectivity index (χ1) is 15.2. The minimum Gasteiger partial charge on any atom is -0.353 e. The number of carbonyl (C=O) groups excluding carboxylic acids is 3. The average molecular weight is 494 g/mol. The number of hydrogen-bond donors (Lipinski definition) is 2. The molecule has 0 unspecified atom stereocenters. The third-order valence-electron chi connectivity index (χ3n) is 4.60. The fourth-order valence-corrected chi connectivity index (χ4v) is 6.15. The second-order valence-corrected chi connectivity index (χ2v) is 11.2. The SMILES string of the molecule is CC(C)[C@@H](NS(=O)(=O)c1cccs1)C(=O)NCCN1C(=O)S/C(=C\c2ccccc2)C1=O. The highest BCUT2D eigenvalue weighted by Crippen LogP contribution is 2.31. The number of nitrogens with one attached hydrogen (secondary N) is 2. The standard InChI is InChI=1S/C21H23N3O5S3/c1-14(2)18(23-32(28,29)17-9-6-12-30-17)19(25)22-10-11-24-20(26)16(31-21(24)27)13-15-7-4-3-5-8-15/h3-9,12-14,18,23H,10-11H2,1-2H3,(H,22,25)/b16-13-/t18-/m1/s1. The molecule has 0 aliphatic carbocycles. The van der Waals surface area contributed by atoms with Gasteiger partial charge in [-0.2, -0.15) is 4.72 Å². The van der Waals surface area contributed by atoms with Crippen molar-refractivity contribution in [2.24, 2.45) is 5.92 Å². The minimum atomic E-state index is -3.82. The van der Waals surface area contributed by atoms with E-state index in [2.05, 4.69) is 10.0 Å². The van der Waals surface area contributed by atoms with E-state index in [9.17, 15) is 22.8 Å². The summed E-state index contributed by atoms with van der Waals surface area (Å²) in [6.07, 6.45) is 1.65. The van der Waals surface area contributed by atoms with E-state index in [1.165, 1.54) is 6.07 Å². The van der Waals surface area contributed by atoms with Crippen molar-refractivity contribution in [3.63, 3.8) is 0 Å². The molecule has 2 N–H and O–H groups in total. The van der Waals surface area contributed by atoms with Crippen LogP contribution in [0.2, 0.25) is 0 Å². The number of carbonyl (C=O) groups is 3. The number of imide groups is 1. The maximum absolute atomic E-state index is 12.6. The molecule has 0 saturated carbocycles. The number of rotatable bonds is 9. The van der Waals surface area contributed by atoms with Gasteiger partial charge in [-0.1, -0.05) is 50.2 Å². The number of thioether (sulfide) groups is 1. The molecule has 0 spiro atoms. The van der Waals surface area contributed by atoms with Gasteiger partial charge in [-0.25, -0.2) is 8.42 Å². The Morgan fingerprint density at radius 1 is 1.12 bits per heavy atom. The highest BCUT2D eigenvalue weighted by molar-refractivity contribution is 8.18. The van der Waals surface area contributed by atoms with E-state index in [-0.39, 0.29) is 23.2 Å². The third kappa shape index (κ3) is 5.85. The third-order valence-corrected chi connectivity index (χ3v) is 8.34. The van der Waals surface area contributed by atoms with Gasteiger partial charge in [0.2, 0.25) is 5.91 Å². The van der Waals surface area contributed by atoms with E-state index >= 15 is 0 Å². The zero-order chi connectivity index (χ0) is 23.3. The largest absolute Gasteiger partial charge is 0.353 e. The second-order valence-electron chi connectivity index (χ2n) is 7.31. The predicted molar refractivity (Wildman–Crippen MR) is 125 cm³/mol. The molecule has 32 heavy (non-hydrogen) atoms. The lowest BCUT2D eigenvalue weighted by molar-refractivity contribution is -0.125. The number of nitrogens with zero attached hydrogens (tertiary/aromatic N) is 1. The lowest BCUT2D eigenvalue weighted by Crippen LogP contribution is -2.50. The molecule has 1 atom stereocenters. The van der Waals surface area contributed by atoms with Crippen molar-refractivity contribution in [3.05, 3.63) is 58.3 Å². The summed E-state index contributed by atoms with van der Waals surface area (Å²) in [7, 11) is -3.82. The Labute approximate surface area is 195 Å². The molecule has 1 aromatic carbocycles. The molecule has 170 valence electrons. The molecule has 2 aromatic rings. The smallest absolute Gasteiger partial charge is 0.293 e. The van der Waals surface area contributed by atoms with Gasteiger partial charge in [-0.05, 0) is 40.8 Å². The van der Waals surface area contributed by atoms with Crippen molar-refractivity contribution in [2.45, 2.75) is 24.1 Å². The van der Waals surface area contributed by atoms with Crippen LogP contribution in [0.1, 0.15) is 19.4 Å². The van der Waals surface area contributed by atoms with Gasteiger partial charge in [0.1, 0.15) is 10.3 Å².